The normalized spacial score (nSPS) is 16.7. The highest BCUT2D eigenvalue weighted by Crippen LogP contribution is 2.28. The highest BCUT2D eigenvalue weighted by atomic mass is 35.5. The van der Waals surface area contributed by atoms with Gasteiger partial charge in [-0.2, -0.15) is 4.31 Å². The molecule has 0 atom stereocenters. The molecule has 1 aliphatic rings. The third kappa shape index (κ3) is 4.96. The van der Waals surface area contributed by atoms with Crippen LogP contribution in [0.4, 0.5) is 0 Å². The van der Waals surface area contributed by atoms with Gasteiger partial charge in [0.05, 0.1) is 5.02 Å². The summed E-state index contributed by atoms with van der Waals surface area (Å²) in [4.78, 5) is 14.2. The summed E-state index contributed by atoms with van der Waals surface area (Å²) in [6.07, 6.45) is 3.79. The Bertz CT molecular complexity index is 711. The minimum atomic E-state index is -3.69. The van der Waals surface area contributed by atoms with Crippen LogP contribution >= 0.6 is 11.6 Å². The molecule has 1 saturated heterocycles. The van der Waals surface area contributed by atoms with Crippen LogP contribution in [0.15, 0.2) is 23.1 Å². The molecule has 7 heteroatoms. The van der Waals surface area contributed by atoms with Crippen LogP contribution in [-0.4, -0.2) is 50.2 Å². The van der Waals surface area contributed by atoms with Crippen LogP contribution < -0.4 is 0 Å². The number of carbonyl (C=O) groups is 1. The van der Waals surface area contributed by atoms with Crippen molar-refractivity contribution in [2.75, 3.05) is 26.7 Å². The maximum absolute atomic E-state index is 13.0. The van der Waals surface area contributed by atoms with Crippen LogP contribution in [0.2, 0.25) is 5.02 Å². The van der Waals surface area contributed by atoms with Crippen LogP contribution in [0.5, 0.6) is 0 Å². The van der Waals surface area contributed by atoms with E-state index in [4.69, 9.17) is 11.6 Å². The molecule has 0 N–H and O–H groups in total. The third-order valence-electron chi connectivity index (χ3n) is 4.35. The highest BCUT2D eigenvalue weighted by Gasteiger charge is 2.28. The fourth-order valence-electron chi connectivity index (χ4n) is 3.11. The van der Waals surface area contributed by atoms with Gasteiger partial charge in [-0.15, -0.1) is 0 Å². The number of amides is 1. The number of carbonyl (C=O) groups excluding carboxylic acids is 1. The van der Waals surface area contributed by atoms with Crippen LogP contribution in [0.1, 0.15) is 49.9 Å². The first-order valence-corrected chi connectivity index (χ1v) is 10.6. The van der Waals surface area contributed by atoms with Gasteiger partial charge < -0.3 is 4.90 Å². The summed E-state index contributed by atoms with van der Waals surface area (Å²) in [5, 5.41) is 0.160. The lowest BCUT2D eigenvalue weighted by atomic mass is 10.1. The van der Waals surface area contributed by atoms with Gasteiger partial charge in [0.15, 0.2) is 0 Å². The molecule has 0 saturated carbocycles. The minimum absolute atomic E-state index is 0.0277. The van der Waals surface area contributed by atoms with E-state index in [1.165, 1.54) is 16.4 Å². The van der Waals surface area contributed by atoms with Gasteiger partial charge >= 0.3 is 0 Å². The lowest BCUT2D eigenvalue weighted by molar-refractivity contribution is 0.0779. The molecule has 1 aromatic carbocycles. The van der Waals surface area contributed by atoms with E-state index in [0.29, 0.717) is 31.1 Å². The summed E-state index contributed by atoms with van der Waals surface area (Å²) >= 11 is 6.18. The van der Waals surface area contributed by atoms with Crippen molar-refractivity contribution in [3.05, 3.63) is 28.8 Å². The first-order valence-electron chi connectivity index (χ1n) is 8.78. The molecule has 1 heterocycles. The number of halogens is 1. The van der Waals surface area contributed by atoms with Gasteiger partial charge in [-0.05, 0) is 37.0 Å². The zero-order chi connectivity index (χ0) is 18.6. The van der Waals surface area contributed by atoms with E-state index in [1.54, 1.807) is 18.0 Å². The van der Waals surface area contributed by atoms with E-state index in [0.717, 1.165) is 25.7 Å². The molecule has 0 aliphatic carbocycles. The predicted molar refractivity (Wildman–Crippen MR) is 100 cm³/mol. The van der Waals surface area contributed by atoms with Crippen LogP contribution in [0.3, 0.4) is 0 Å². The lowest BCUT2D eigenvalue weighted by Gasteiger charge is -2.22. The van der Waals surface area contributed by atoms with Crippen LogP contribution in [-0.2, 0) is 10.0 Å². The van der Waals surface area contributed by atoms with E-state index >= 15 is 0 Å². The van der Waals surface area contributed by atoms with Crippen molar-refractivity contribution in [2.24, 2.45) is 5.92 Å². The Morgan fingerprint density at radius 3 is 2.36 bits per heavy atom. The van der Waals surface area contributed by atoms with Crippen molar-refractivity contribution in [3.63, 3.8) is 0 Å². The second kappa shape index (κ2) is 8.52. The fraction of sp³-hybridized carbons (Fsp3) is 0.611. The van der Waals surface area contributed by atoms with Gasteiger partial charge in [-0.3, -0.25) is 4.79 Å². The van der Waals surface area contributed by atoms with Gasteiger partial charge in [0, 0.05) is 32.2 Å². The van der Waals surface area contributed by atoms with Gasteiger partial charge in [0.2, 0.25) is 10.0 Å². The lowest BCUT2D eigenvalue weighted by Crippen LogP contribution is -2.33. The molecular weight excluding hydrogens is 360 g/mol. The Hall–Kier alpha value is -1.11. The van der Waals surface area contributed by atoms with Gasteiger partial charge in [-0.1, -0.05) is 38.3 Å². The molecule has 0 bridgehead atoms. The zero-order valence-electron chi connectivity index (χ0n) is 15.2. The topological polar surface area (TPSA) is 57.7 Å². The van der Waals surface area contributed by atoms with E-state index in [2.05, 4.69) is 0 Å². The molecule has 140 valence electrons. The molecule has 1 aliphatic heterocycles. The molecule has 5 nitrogen and oxygen atoms in total. The predicted octanol–water partition coefficient (Wildman–Crippen LogP) is 3.63. The number of nitrogens with zero attached hydrogens (tertiary/aromatic N) is 2. The number of hydrogen-bond acceptors (Lipinski definition) is 3. The number of rotatable bonds is 5. The Morgan fingerprint density at radius 1 is 1.20 bits per heavy atom. The summed E-state index contributed by atoms with van der Waals surface area (Å²) in [7, 11) is -1.97. The maximum Gasteiger partial charge on any atom is 0.253 e. The quantitative estimate of drug-likeness (QED) is 0.776. The van der Waals surface area contributed by atoms with Crippen molar-refractivity contribution in [1.29, 1.82) is 0 Å². The standard InChI is InChI=1S/C18H27ClN2O3S/c1-14(2)13-20(3)18(22)15-8-9-16(19)17(12-15)25(23,24)21-10-6-4-5-7-11-21/h8-9,12,14H,4-7,10-11,13H2,1-3H3. The summed E-state index contributed by atoms with van der Waals surface area (Å²) in [6, 6.07) is 4.51. The second-order valence-corrected chi connectivity index (χ2v) is 9.36. The largest absolute Gasteiger partial charge is 0.341 e. The summed E-state index contributed by atoms with van der Waals surface area (Å²) < 4.78 is 27.5. The first kappa shape index (κ1) is 20.2. The van der Waals surface area contributed by atoms with Gasteiger partial charge in [-0.25, -0.2) is 8.42 Å². The van der Waals surface area contributed by atoms with Crippen molar-refractivity contribution in [3.8, 4) is 0 Å². The smallest absolute Gasteiger partial charge is 0.253 e. The molecule has 1 amide bonds. The molecule has 0 spiro atoms. The van der Waals surface area contributed by atoms with Crippen LogP contribution in [0.25, 0.3) is 0 Å². The molecule has 25 heavy (non-hydrogen) atoms. The van der Waals surface area contributed by atoms with E-state index in [-0.39, 0.29) is 15.8 Å². The van der Waals surface area contributed by atoms with E-state index < -0.39 is 10.0 Å². The van der Waals surface area contributed by atoms with Crippen molar-refractivity contribution in [1.82, 2.24) is 9.21 Å². The average molecular weight is 387 g/mol. The number of benzene rings is 1. The molecule has 2 rings (SSSR count). The summed E-state index contributed by atoms with van der Waals surface area (Å²) in [6.45, 7) is 5.67. The Kier molecular flexibility index (Phi) is 6.88. The third-order valence-corrected chi connectivity index (χ3v) is 6.73. The molecule has 0 unspecified atom stereocenters. The number of hydrogen-bond donors (Lipinski definition) is 0. The summed E-state index contributed by atoms with van der Waals surface area (Å²) in [5.41, 5.74) is 0.348. The van der Waals surface area contributed by atoms with Gasteiger partial charge in [0.25, 0.3) is 5.91 Å². The Balaban J connectivity index is 2.33. The van der Waals surface area contributed by atoms with E-state index in [9.17, 15) is 13.2 Å². The maximum atomic E-state index is 13.0. The second-order valence-electron chi connectivity index (χ2n) is 7.04. The Morgan fingerprint density at radius 2 is 1.80 bits per heavy atom. The van der Waals surface area contributed by atoms with Crippen LogP contribution in [0, 0.1) is 5.92 Å². The number of sulfonamides is 1. The first-order chi connectivity index (χ1) is 11.7. The van der Waals surface area contributed by atoms with Crippen molar-refractivity contribution >= 4 is 27.5 Å². The zero-order valence-corrected chi connectivity index (χ0v) is 16.7. The van der Waals surface area contributed by atoms with Crippen molar-refractivity contribution in [2.45, 2.75) is 44.4 Å². The Labute approximate surface area is 156 Å². The summed E-state index contributed by atoms with van der Waals surface area (Å²) in [5.74, 6) is 0.138. The molecule has 1 aromatic rings. The SMILES string of the molecule is CC(C)CN(C)C(=O)c1ccc(Cl)c(S(=O)(=O)N2CCCCCC2)c1. The highest BCUT2D eigenvalue weighted by molar-refractivity contribution is 7.89. The molecule has 0 aromatic heterocycles. The molecule has 0 radical (unpaired) electrons. The molecule has 1 fully saturated rings. The van der Waals surface area contributed by atoms with E-state index in [1.807, 2.05) is 13.8 Å². The average Bonchev–Trinajstić information content (AvgIpc) is 2.83. The van der Waals surface area contributed by atoms with Gasteiger partial charge in [0.1, 0.15) is 4.90 Å². The van der Waals surface area contributed by atoms with Crippen molar-refractivity contribution < 1.29 is 13.2 Å². The fourth-order valence-corrected chi connectivity index (χ4v) is 5.12. The molecular formula is C18H27ClN2O3S. The minimum Gasteiger partial charge on any atom is -0.341 e. The monoisotopic (exact) mass is 386 g/mol.